The van der Waals surface area contributed by atoms with E-state index in [1.54, 1.807) is 0 Å². The van der Waals surface area contributed by atoms with Crippen LogP contribution in [-0.4, -0.2) is 49.7 Å². The number of hydrogen-bond acceptors (Lipinski definition) is 5. The van der Waals surface area contributed by atoms with Crippen LogP contribution in [0.4, 0.5) is 0 Å². The maximum atomic E-state index is 12.9. The molecule has 2 unspecified atom stereocenters. The first kappa shape index (κ1) is 45.9. The van der Waals surface area contributed by atoms with Crippen LogP contribution < -0.4 is 0 Å². The quantitative estimate of drug-likeness (QED) is 0.0488. The van der Waals surface area contributed by atoms with E-state index in [0.29, 0.717) is 12.8 Å². The van der Waals surface area contributed by atoms with Crippen molar-refractivity contribution in [3.8, 4) is 0 Å². The summed E-state index contributed by atoms with van der Waals surface area (Å²) >= 11 is 0. The molecule has 0 aliphatic rings. The Bertz CT molecular complexity index is 667. The number of carbonyl (C=O) groups excluding carboxylic acids is 2. The minimum Gasteiger partial charge on any atom is -0.462 e. The Morgan fingerprint density at radius 1 is 0.404 bits per heavy atom. The van der Waals surface area contributed by atoms with Gasteiger partial charge in [-0.3, -0.25) is 9.59 Å². The molecule has 0 radical (unpaired) electrons. The van der Waals surface area contributed by atoms with E-state index in [1.807, 2.05) is 14.1 Å². The maximum Gasteiger partial charge on any atom is 0.306 e. The highest BCUT2D eigenvalue weighted by Crippen LogP contribution is 2.20. The first-order valence-electron chi connectivity index (χ1n) is 21.0. The van der Waals surface area contributed by atoms with Crippen molar-refractivity contribution in [1.29, 1.82) is 0 Å². The summed E-state index contributed by atoms with van der Waals surface area (Å²) in [7, 11) is 4.08. The highest BCUT2D eigenvalue weighted by atomic mass is 16.5. The van der Waals surface area contributed by atoms with Crippen LogP contribution >= 0.6 is 0 Å². The third-order valence-corrected chi connectivity index (χ3v) is 9.63. The molecule has 5 heteroatoms. The summed E-state index contributed by atoms with van der Waals surface area (Å²) in [4.78, 5) is 27.5. The SMILES string of the molecule is CCCCCCCCCCC(CCCCCCCCC)OC(=O)CCCCCC(CCCCCCCCC)OC(=O)CCCN(C)C. The van der Waals surface area contributed by atoms with Gasteiger partial charge in [0.1, 0.15) is 12.2 Å². The lowest BCUT2D eigenvalue weighted by atomic mass is 10.0. The Morgan fingerprint density at radius 3 is 1.00 bits per heavy atom. The van der Waals surface area contributed by atoms with Gasteiger partial charge >= 0.3 is 11.9 Å². The topological polar surface area (TPSA) is 55.8 Å². The fourth-order valence-electron chi connectivity index (χ4n) is 6.54. The van der Waals surface area contributed by atoms with Gasteiger partial charge in [0.15, 0.2) is 0 Å². The van der Waals surface area contributed by atoms with Crippen molar-refractivity contribution in [3.05, 3.63) is 0 Å². The Labute approximate surface area is 294 Å². The Balaban J connectivity index is 4.54. The fourth-order valence-corrected chi connectivity index (χ4v) is 6.54. The number of unbranched alkanes of at least 4 members (excludes halogenated alkanes) is 21. The summed E-state index contributed by atoms with van der Waals surface area (Å²) in [6, 6.07) is 0. The molecule has 47 heavy (non-hydrogen) atoms. The molecule has 0 amide bonds. The van der Waals surface area contributed by atoms with Gasteiger partial charge in [-0.2, -0.15) is 0 Å². The number of esters is 2. The van der Waals surface area contributed by atoms with Crippen LogP contribution in [0.1, 0.15) is 226 Å². The van der Waals surface area contributed by atoms with E-state index in [1.165, 1.54) is 135 Å². The van der Waals surface area contributed by atoms with E-state index in [2.05, 4.69) is 25.7 Å². The van der Waals surface area contributed by atoms with E-state index < -0.39 is 0 Å². The van der Waals surface area contributed by atoms with Gasteiger partial charge in [0.05, 0.1) is 0 Å². The largest absolute Gasteiger partial charge is 0.462 e. The highest BCUT2D eigenvalue weighted by Gasteiger charge is 2.16. The van der Waals surface area contributed by atoms with Crippen LogP contribution in [0.25, 0.3) is 0 Å². The maximum absolute atomic E-state index is 12.9. The molecular formula is C42H83NO4. The summed E-state index contributed by atoms with van der Waals surface area (Å²) < 4.78 is 12.0. The van der Waals surface area contributed by atoms with Crippen molar-refractivity contribution in [2.45, 2.75) is 238 Å². The van der Waals surface area contributed by atoms with Crippen molar-refractivity contribution in [2.24, 2.45) is 0 Å². The molecule has 0 bridgehead atoms. The Hall–Kier alpha value is -1.10. The van der Waals surface area contributed by atoms with E-state index in [9.17, 15) is 9.59 Å². The smallest absolute Gasteiger partial charge is 0.306 e. The van der Waals surface area contributed by atoms with E-state index in [-0.39, 0.29) is 24.1 Å². The molecule has 0 aliphatic heterocycles. The summed E-state index contributed by atoms with van der Waals surface area (Å²) in [6.07, 6.45) is 37.2. The average Bonchev–Trinajstić information content (AvgIpc) is 3.04. The van der Waals surface area contributed by atoms with Gasteiger partial charge in [0, 0.05) is 12.8 Å². The summed E-state index contributed by atoms with van der Waals surface area (Å²) in [5.74, 6) is -0.0590. The zero-order valence-electron chi connectivity index (χ0n) is 32.6. The van der Waals surface area contributed by atoms with Crippen LogP contribution in [-0.2, 0) is 19.1 Å². The van der Waals surface area contributed by atoms with Gasteiger partial charge < -0.3 is 14.4 Å². The first-order chi connectivity index (χ1) is 22.9. The molecule has 0 aromatic rings. The number of ether oxygens (including phenoxy) is 2. The Morgan fingerprint density at radius 2 is 0.681 bits per heavy atom. The average molecular weight is 666 g/mol. The molecule has 0 aromatic carbocycles. The van der Waals surface area contributed by atoms with E-state index in [0.717, 1.165) is 64.3 Å². The summed E-state index contributed by atoms with van der Waals surface area (Å²) in [5.41, 5.74) is 0. The molecule has 0 saturated carbocycles. The Kier molecular flexibility index (Phi) is 35.3. The number of rotatable bonds is 37. The molecule has 0 fully saturated rings. The second-order valence-electron chi connectivity index (χ2n) is 14.8. The van der Waals surface area contributed by atoms with Gasteiger partial charge in [-0.15, -0.1) is 0 Å². The minimum atomic E-state index is -0.0492. The molecule has 0 N–H and O–H groups in total. The number of carbonyl (C=O) groups is 2. The van der Waals surface area contributed by atoms with Crippen LogP contribution in [0, 0.1) is 0 Å². The predicted molar refractivity (Wildman–Crippen MR) is 203 cm³/mol. The van der Waals surface area contributed by atoms with Gasteiger partial charge in [-0.1, -0.05) is 149 Å². The second-order valence-corrected chi connectivity index (χ2v) is 14.8. The summed E-state index contributed by atoms with van der Waals surface area (Å²) in [6.45, 7) is 7.71. The molecule has 0 spiro atoms. The van der Waals surface area contributed by atoms with E-state index >= 15 is 0 Å². The number of hydrogen-bond donors (Lipinski definition) is 0. The van der Waals surface area contributed by atoms with Crippen molar-refractivity contribution in [1.82, 2.24) is 4.90 Å². The van der Waals surface area contributed by atoms with Crippen LogP contribution in [0.2, 0.25) is 0 Å². The fraction of sp³-hybridized carbons (Fsp3) is 0.952. The first-order valence-corrected chi connectivity index (χ1v) is 21.0. The monoisotopic (exact) mass is 666 g/mol. The molecule has 0 saturated heterocycles. The molecule has 280 valence electrons. The third kappa shape index (κ3) is 34.6. The number of nitrogens with zero attached hydrogens (tertiary/aromatic N) is 1. The van der Waals surface area contributed by atoms with Crippen LogP contribution in [0.15, 0.2) is 0 Å². The van der Waals surface area contributed by atoms with Gasteiger partial charge in [-0.05, 0) is 84.8 Å². The molecule has 2 atom stereocenters. The summed E-state index contributed by atoms with van der Waals surface area (Å²) in [5, 5.41) is 0. The molecule has 0 aliphatic carbocycles. The van der Waals surface area contributed by atoms with E-state index in [4.69, 9.17) is 9.47 Å². The molecule has 0 rings (SSSR count). The molecular weight excluding hydrogens is 582 g/mol. The highest BCUT2D eigenvalue weighted by molar-refractivity contribution is 5.69. The molecule has 0 aromatic heterocycles. The van der Waals surface area contributed by atoms with Gasteiger partial charge in [-0.25, -0.2) is 0 Å². The van der Waals surface area contributed by atoms with Crippen molar-refractivity contribution in [3.63, 3.8) is 0 Å². The van der Waals surface area contributed by atoms with Crippen molar-refractivity contribution < 1.29 is 19.1 Å². The zero-order valence-corrected chi connectivity index (χ0v) is 32.6. The lowest BCUT2D eigenvalue weighted by molar-refractivity contribution is -0.150. The normalized spacial score (nSPS) is 12.8. The molecule has 5 nitrogen and oxygen atoms in total. The minimum absolute atomic E-state index is 0.00976. The lowest BCUT2D eigenvalue weighted by Crippen LogP contribution is -2.20. The van der Waals surface area contributed by atoms with Gasteiger partial charge in [0.2, 0.25) is 0 Å². The second kappa shape index (κ2) is 36.2. The zero-order chi connectivity index (χ0) is 34.6. The van der Waals surface area contributed by atoms with Crippen molar-refractivity contribution >= 4 is 11.9 Å². The van der Waals surface area contributed by atoms with Crippen LogP contribution in [0.5, 0.6) is 0 Å². The van der Waals surface area contributed by atoms with Crippen molar-refractivity contribution in [2.75, 3.05) is 20.6 Å². The molecule has 0 heterocycles. The third-order valence-electron chi connectivity index (χ3n) is 9.63. The lowest BCUT2D eigenvalue weighted by Gasteiger charge is -2.19. The van der Waals surface area contributed by atoms with Crippen LogP contribution in [0.3, 0.4) is 0 Å². The predicted octanol–water partition coefficient (Wildman–Crippen LogP) is 12.9. The van der Waals surface area contributed by atoms with Gasteiger partial charge in [0.25, 0.3) is 0 Å². The standard InChI is InChI=1S/C42H83NO4/c1-6-9-12-15-18-21-24-28-33-39(32-26-22-19-16-13-10-7-2)46-41(44)36-30-25-29-35-40(34-27-23-20-17-14-11-8-3)47-42(45)37-31-38-43(4)5/h39-40H,6-38H2,1-5H3.